The normalized spacial score (nSPS) is 22.4. The Kier molecular flexibility index (Phi) is 5.60. The smallest absolute Gasteiger partial charge is 0.227 e. The number of nitrogens with one attached hydrogen (secondary N) is 2. The molecule has 2 rings (SSSR count). The van der Waals surface area contributed by atoms with Gasteiger partial charge in [0.15, 0.2) is 0 Å². The molecule has 0 spiro atoms. The molecule has 1 unspecified atom stereocenters. The average Bonchev–Trinajstić information content (AvgIpc) is 2.53. The van der Waals surface area contributed by atoms with Crippen LogP contribution in [0.3, 0.4) is 0 Å². The second kappa shape index (κ2) is 7.44. The number of carbonyl (C=O) groups is 1. The third-order valence-electron chi connectivity index (χ3n) is 4.40. The standard InChI is InChI=1S/C17H26N2O/c1-2-17(11-7-12-18-14-17)16(20)19-13-6-10-15-8-4-3-5-9-15/h3-5,8-9,18H,2,6-7,10-14H2,1H3,(H,19,20). The van der Waals surface area contributed by atoms with Crippen LogP contribution in [0.15, 0.2) is 30.3 Å². The van der Waals surface area contributed by atoms with Gasteiger partial charge >= 0.3 is 0 Å². The molecule has 1 amide bonds. The van der Waals surface area contributed by atoms with E-state index < -0.39 is 0 Å². The average molecular weight is 274 g/mol. The summed E-state index contributed by atoms with van der Waals surface area (Å²) in [7, 11) is 0. The van der Waals surface area contributed by atoms with Crippen LogP contribution < -0.4 is 10.6 Å². The van der Waals surface area contributed by atoms with Crippen LogP contribution in [0, 0.1) is 5.41 Å². The summed E-state index contributed by atoms with van der Waals surface area (Å²) >= 11 is 0. The van der Waals surface area contributed by atoms with Gasteiger partial charge in [0.25, 0.3) is 0 Å². The van der Waals surface area contributed by atoms with Crippen molar-refractivity contribution in [2.75, 3.05) is 19.6 Å². The van der Waals surface area contributed by atoms with E-state index in [1.165, 1.54) is 5.56 Å². The fourth-order valence-electron chi connectivity index (χ4n) is 2.95. The predicted molar refractivity (Wildman–Crippen MR) is 82.6 cm³/mol. The molecule has 2 N–H and O–H groups in total. The van der Waals surface area contributed by atoms with E-state index in [1.54, 1.807) is 0 Å². The van der Waals surface area contributed by atoms with E-state index >= 15 is 0 Å². The van der Waals surface area contributed by atoms with Crippen molar-refractivity contribution in [3.8, 4) is 0 Å². The first-order chi connectivity index (χ1) is 9.77. The van der Waals surface area contributed by atoms with E-state index in [0.29, 0.717) is 0 Å². The molecular formula is C17H26N2O. The molecule has 0 saturated carbocycles. The number of benzene rings is 1. The first-order valence-electron chi connectivity index (χ1n) is 7.80. The zero-order valence-electron chi connectivity index (χ0n) is 12.5. The Labute approximate surface area is 122 Å². The molecule has 0 radical (unpaired) electrons. The summed E-state index contributed by atoms with van der Waals surface area (Å²) in [4.78, 5) is 12.4. The third-order valence-corrected chi connectivity index (χ3v) is 4.40. The molecule has 1 fully saturated rings. The third kappa shape index (κ3) is 3.83. The van der Waals surface area contributed by atoms with E-state index in [0.717, 1.165) is 51.7 Å². The van der Waals surface area contributed by atoms with Crippen molar-refractivity contribution in [3.63, 3.8) is 0 Å². The van der Waals surface area contributed by atoms with E-state index in [2.05, 4.69) is 41.8 Å². The molecule has 1 saturated heterocycles. The molecule has 3 heteroatoms. The molecule has 1 aromatic carbocycles. The van der Waals surface area contributed by atoms with Crippen LogP contribution in [0.5, 0.6) is 0 Å². The van der Waals surface area contributed by atoms with Gasteiger partial charge in [-0.1, -0.05) is 37.3 Å². The Morgan fingerprint density at radius 1 is 1.35 bits per heavy atom. The summed E-state index contributed by atoms with van der Waals surface area (Å²) in [6, 6.07) is 10.4. The number of rotatable bonds is 6. The van der Waals surface area contributed by atoms with Crippen LogP contribution in [0.2, 0.25) is 0 Å². The molecule has 1 heterocycles. The predicted octanol–water partition coefficient (Wildman–Crippen LogP) is 2.52. The maximum atomic E-state index is 12.4. The van der Waals surface area contributed by atoms with Gasteiger partial charge in [0.2, 0.25) is 5.91 Å². The van der Waals surface area contributed by atoms with Crippen molar-refractivity contribution < 1.29 is 4.79 Å². The molecule has 0 bridgehead atoms. The number of aryl methyl sites for hydroxylation is 1. The van der Waals surface area contributed by atoms with Crippen LogP contribution in [-0.2, 0) is 11.2 Å². The number of hydrogen-bond acceptors (Lipinski definition) is 2. The Morgan fingerprint density at radius 3 is 2.80 bits per heavy atom. The van der Waals surface area contributed by atoms with Gasteiger partial charge in [-0.15, -0.1) is 0 Å². The van der Waals surface area contributed by atoms with Crippen LogP contribution in [0.1, 0.15) is 38.2 Å². The van der Waals surface area contributed by atoms with Gasteiger partial charge in [-0.05, 0) is 44.2 Å². The number of hydrogen-bond donors (Lipinski definition) is 2. The van der Waals surface area contributed by atoms with E-state index in [9.17, 15) is 4.79 Å². The van der Waals surface area contributed by atoms with E-state index in [-0.39, 0.29) is 11.3 Å². The van der Waals surface area contributed by atoms with Gasteiger partial charge in [0.1, 0.15) is 0 Å². The van der Waals surface area contributed by atoms with Gasteiger partial charge < -0.3 is 10.6 Å². The lowest BCUT2D eigenvalue weighted by Gasteiger charge is -2.35. The highest BCUT2D eigenvalue weighted by molar-refractivity contribution is 5.83. The zero-order chi connectivity index (χ0) is 14.3. The summed E-state index contributed by atoms with van der Waals surface area (Å²) in [5, 5.41) is 6.50. The summed E-state index contributed by atoms with van der Waals surface area (Å²) in [5.41, 5.74) is 1.16. The molecule has 1 aliphatic heterocycles. The summed E-state index contributed by atoms with van der Waals surface area (Å²) < 4.78 is 0. The largest absolute Gasteiger partial charge is 0.356 e. The highest BCUT2D eigenvalue weighted by Gasteiger charge is 2.37. The molecule has 0 aromatic heterocycles. The monoisotopic (exact) mass is 274 g/mol. The minimum Gasteiger partial charge on any atom is -0.356 e. The Hall–Kier alpha value is -1.35. The number of amides is 1. The maximum absolute atomic E-state index is 12.4. The lowest BCUT2D eigenvalue weighted by atomic mass is 9.77. The van der Waals surface area contributed by atoms with Gasteiger partial charge in [0, 0.05) is 13.1 Å². The van der Waals surface area contributed by atoms with E-state index in [1.807, 2.05) is 6.07 Å². The number of piperidine rings is 1. The number of carbonyl (C=O) groups excluding carboxylic acids is 1. The summed E-state index contributed by atoms with van der Waals surface area (Å²) in [5.74, 6) is 0.236. The van der Waals surface area contributed by atoms with Crippen molar-refractivity contribution in [1.29, 1.82) is 0 Å². The minimum absolute atomic E-state index is 0.176. The van der Waals surface area contributed by atoms with Crippen LogP contribution in [0.4, 0.5) is 0 Å². The summed E-state index contributed by atoms with van der Waals surface area (Å²) in [6.45, 7) is 4.77. The zero-order valence-corrected chi connectivity index (χ0v) is 12.5. The minimum atomic E-state index is -0.176. The van der Waals surface area contributed by atoms with Crippen molar-refractivity contribution in [2.45, 2.75) is 39.0 Å². The molecular weight excluding hydrogens is 248 g/mol. The molecule has 3 nitrogen and oxygen atoms in total. The molecule has 1 aliphatic rings. The van der Waals surface area contributed by atoms with E-state index in [4.69, 9.17) is 0 Å². The van der Waals surface area contributed by atoms with Crippen LogP contribution >= 0.6 is 0 Å². The first-order valence-corrected chi connectivity index (χ1v) is 7.80. The Morgan fingerprint density at radius 2 is 2.15 bits per heavy atom. The molecule has 0 aliphatic carbocycles. The molecule has 110 valence electrons. The SMILES string of the molecule is CCC1(C(=O)NCCCc2ccccc2)CCCNC1. The van der Waals surface area contributed by atoms with Crippen molar-refractivity contribution in [1.82, 2.24) is 10.6 Å². The lowest BCUT2D eigenvalue weighted by molar-refractivity contribution is -0.132. The van der Waals surface area contributed by atoms with Crippen molar-refractivity contribution >= 4 is 5.91 Å². The lowest BCUT2D eigenvalue weighted by Crippen LogP contribution is -2.50. The van der Waals surface area contributed by atoms with Crippen LogP contribution in [-0.4, -0.2) is 25.5 Å². The van der Waals surface area contributed by atoms with Gasteiger partial charge in [-0.25, -0.2) is 0 Å². The van der Waals surface area contributed by atoms with Gasteiger partial charge in [0.05, 0.1) is 5.41 Å². The highest BCUT2D eigenvalue weighted by atomic mass is 16.2. The first kappa shape index (κ1) is 15.0. The van der Waals surface area contributed by atoms with Gasteiger partial charge in [-0.2, -0.15) is 0 Å². The molecule has 20 heavy (non-hydrogen) atoms. The quantitative estimate of drug-likeness (QED) is 0.783. The van der Waals surface area contributed by atoms with Crippen molar-refractivity contribution in [3.05, 3.63) is 35.9 Å². The fourth-order valence-corrected chi connectivity index (χ4v) is 2.95. The fraction of sp³-hybridized carbons (Fsp3) is 0.588. The highest BCUT2D eigenvalue weighted by Crippen LogP contribution is 2.30. The van der Waals surface area contributed by atoms with Crippen molar-refractivity contribution in [2.24, 2.45) is 5.41 Å². The molecule has 1 atom stereocenters. The molecule has 1 aromatic rings. The van der Waals surface area contributed by atoms with Gasteiger partial charge in [-0.3, -0.25) is 4.79 Å². The summed E-state index contributed by atoms with van der Waals surface area (Å²) in [6.07, 6.45) is 5.07. The maximum Gasteiger partial charge on any atom is 0.227 e. The second-order valence-corrected chi connectivity index (χ2v) is 5.76. The second-order valence-electron chi connectivity index (χ2n) is 5.76. The van der Waals surface area contributed by atoms with Crippen LogP contribution in [0.25, 0.3) is 0 Å². The topological polar surface area (TPSA) is 41.1 Å². The Balaban J connectivity index is 1.74. The Bertz CT molecular complexity index is 410.